The van der Waals surface area contributed by atoms with Crippen LogP contribution in [0.1, 0.15) is 36.1 Å². The lowest BCUT2D eigenvalue weighted by molar-refractivity contribution is -0.135. The van der Waals surface area contributed by atoms with Gasteiger partial charge < -0.3 is 4.74 Å². The SMILES string of the molecule is CCOC(=O)C1=NN(c2cccc(Cl)c2)C2=NC3=C(CCc4ccccc43)[C@H](c3ccccc3)N12. The minimum Gasteiger partial charge on any atom is -0.460 e. The Morgan fingerprint density at radius 1 is 1.03 bits per heavy atom. The topological polar surface area (TPSA) is 57.5 Å². The van der Waals surface area contributed by atoms with Gasteiger partial charge in [-0.1, -0.05) is 72.3 Å². The van der Waals surface area contributed by atoms with Crippen LogP contribution in [0.15, 0.2) is 94.5 Å². The summed E-state index contributed by atoms with van der Waals surface area (Å²) in [7, 11) is 0. The number of benzene rings is 3. The maximum absolute atomic E-state index is 13.2. The van der Waals surface area contributed by atoms with Gasteiger partial charge in [0.15, 0.2) is 0 Å². The van der Waals surface area contributed by atoms with Crippen molar-refractivity contribution in [2.75, 3.05) is 11.6 Å². The molecule has 0 amide bonds. The Morgan fingerprint density at radius 2 is 1.83 bits per heavy atom. The van der Waals surface area contributed by atoms with Crippen LogP contribution in [0.2, 0.25) is 5.02 Å². The number of halogens is 1. The predicted octanol–water partition coefficient (Wildman–Crippen LogP) is 5.81. The van der Waals surface area contributed by atoms with Crippen LogP contribution >= 0.6 is 11.6 Å². The molecule has 174 valence electrons. The molecule has 0 N–H and O–H groups in total. The summed E-state index contributed by atoms with van der Waals surface area (Å²) in [6.07, 6.45) is 1.76. The van der Waals surface area contributed by atoms with Crippen molar-refractivity contribution in [3.63, 3.8) is 0 Å². The van der Waals surface area contributed by atoms with Gasteiger partial charge in [-0.15, -0.1) is 5.10 Å². The van der Waals surface area contributed by atoms with E-state index in [1.54, 1.807) is 11.9 Å². The molecule has 2 heterocycles. The summed E-state index contributed by atoms with van der Waals surface area (Å²) in [5.41, 5.74) is 6.30. The standard InChI is InChI=1S/C28H23ClN4O2/c1-2-35-27(34)26-31-33(21-13-8-12-20(29)17-21)28-30-24-22-14-7-6-9-18(22)15-16-23(24)25(32(26)28)19-10-4-3-5-11-19/h3-14,17,25H,2,15-16H2,1H3/t25-/m0/s1. The highest BCUT2D eigenvalue weighted by Crippen LogP contribution is 2.46. The summed E-state index contributed by atoms with van der Waals surface area (Å²) in [4.78, 5) is 20.2. The molecule has 1 atom stereocenters. The first-order chi connectivity index (χ1) is 17.2. The molecule has 7 heteroatoms. The normalized spacial score (nSPS) is 18.4. The van der Waals surface area contributed by atoms with Crippen molar-refractivity contribution in [1.29, 1.82) is 0 Å². The zero-order chi connectivity index (χ0) is 23.9. The van der Waals surface area contributed by atoms with E-state index < -0.39 is 5.97 Å². The lowest BCUT2D eigenvalue weighted by Gasteiger charge is -2.38. The third kappa shape index (κ3) is 3.61. The number of anilines is 1. The van der Waals surface area contributed by atoms with Crippen LogP contribution in [-0.4, -0.2) is 29.3 Å². The zero-order valence-electron chi connectivity index (χ0n) is 19.2. The molecule has 0 spiro atoms. The highest BCUT2D eigenvalue weighted by molar-refractivity contribution is 6.42. The van der Waals surface area contributed by atoms with Gasteiger partial charge in [0.05, 0.1) is 24.0 Å². The zero-order valence-corrected chi connectivity index (χ0v) is 19.9. The van der Waals surface area contributed by atoms with Crippen LogP contribution in [0.25, 0.3) is 5.70 Å². The molecule has 0 bridgehead atoms. The van der Waals surface area contributed by atoms with E-state index in [0.29, 0.717) is 11.0 Å². The van der Waals surface area contributed by atoms with Crippen molar-refractivity contribution in [3.8, 4) is 0 Å². The first-order valence-electron chi connectivity index (χ1n) is 11.7. The maximum Gasteiger partial charge on any atom is 0.376 e. The lowest BCUT2D eigenvalue weighted by atomic mass is 9.82. The highest BCUT2D eigenvalue weighted by atomic mass is 35.5. The fourth-order valence-electron chi connectivity index (χ4n) is 5.01. The molecule has 0 saturated carbocycles. The van der Waals surface area contributed by atoms with E-state index in [2.05, 4.69) is 30.3 Å². The summed E-state index contributed by atoms with van der Waals surface area (Å²) in [6, 6.07) is 25.7. The number of carbonyl (C=O) groups excluding carboxylic acids is 1. The van der Waals surface area contributed by atoms with E-state index in [0.717, 1.165) is 35.4 Å². The highest BCUT2D eigenvalue weighted by Gasteiger charge is 2.46. The number of carbonyl (C=O) groups is 1. The Labute approximate surface area is 208 Å². The Kier molecular flexibility index (Phi) is 5.38. The van der Waals surface area contributed by atoms with Crippen LogP contribution in [0.3, 0.4) is 0 Å². The van der Waals surface area contributed by atoms with Gasteiger partial charge in [-0.25, -0.2) is 9.79 Å². The van der Waals surface area contributed by atoms with Crippen molar-refractivity contribution < 1.29 is 9.53 Å². The Morgan fingerprint density at radius 3 is 2.63 bits per heavy atom. The van der Waals surface area contributed by atoms with Crippen molar-refractivity contribution in [2.24, 2.45) is 10.1 Å². The van der Waals surface area contributed by atoms with Gasteiger partial charge in [0.25, 0.3) is 0 Å². The van der Waals surface area contributed by atoms with Crippen LogP contribution in [0.5, 0.6) is 0 Å². The summed E-state index contributed by atoms with van der Waals surface area (Å²) in [5, 5.41) is 7.00. The van der Waals surface area contributed by atoms with E-state index in [1.807, 2.05) is 53.4 Å². The van der Waals surface area contributed by atoms with Gasteiger partial charge in [0.1, 0.15) is 0 Å². The van der Waals surface area contributed by atoms with Crippen LogP contribution in [-0.2, 0) is 16.0 Å². The monoisotopic (exact) mass is 482 g/mol. The minimum absolute atomic E-state index is 0.213. The average molecular weight is 483 g/mol. The first-order valence-corrected chi connectivity index (χ1v) is 12.1. The molecule has 3 aliphatic rings. The molecule has 6 nitrogen and oxygen atoms in total. The van der Waals surface area contributed by atoms with Crippen molar-refractivity contribution in [1.82, 2.24) is 4.90 Å². The molecule has 3 aromatic rings. The van der Waals surface area contributed by atoms with Gasteiger partial charge in [-0.2, -0.15) is 5.01 Å². The lowest BCUT2D eigenvalue weighted by Crippen LogP contribution is -2.46. The fourth-order valence-corrected chi connectivity index (χ4v) is 5.19. The Balaban J connectivity index is 1.59. The van der Waals surface area contributed by atoms with Gasteiger partial charge in [-0.3, -0.25) is 4.90 Å². The number of amidine groups is 1. The average Bonchev–Trinajstić information content (AvgIpc) is 3.27. The molecule has 0 radical (unpaired) electrons. The third-order valence-corrected chi connectivity index (χ3v) is 6.73. The molecule has 0 aromatic heterocycles. The second kappa shape index (κ2) is 8.71. The Hall–Kier alpha value is -3.90. The number of aryl methyl sites for hydroxylation is 1. The molecule has 1 aliphatic carbocycles. The summed E-state index contributed by atoms with van der Waals surface area (Å²) in [5.74, 6) is 0.287. The number of esters is 1. The Bertz CT molecular complexity index is 1410. The van der Waals surface area contributed by atoms with E-state index in [-0.39, 0.29) is 18.5 Å². The number of rotatable bonds is 4. The smallest absolute Gasteiger partial charge is 0.376 e. The third-order valence-electron chi connectivity index (χ3n) is 6.49. The van der Waals surface area contributed by atoms with Crippen molar-refractivity contribution in [2.45, 2.75) is 25.8 Å². The number of hydrazone groups is 1. The molecule has 2 aliphatic heterocycles. The van der Waals surface area contributed by atoms with Crippen molar-refractivity contribution in [3.05, 3.63) is 106 Å². The second-order valence-corrected chi connectivity index (χ2v) is 9.00. The number of hydrogen-bond donors (Lipinski definition) is 0. The largest absolute Gasteiger partial charge is 0.460 e. The summed E-state index contributed by atoms with van der Waals surface area (Å²) < 4.78 is 5.42. The fraction of sp³-hybridized carbons (Fsp3) is 0.179. The molecular weight excluding hydrogens is 460 g/mol. The van der Waals surface area contributed by atoms with Gasteiger partial charge in [-0.05, 0) is 54.7 Å². The van der Waals surface area contributed by atoms with E-state index >= 15 is 0 Å². The van der Waals surface area contributed by atoms with Crippen LogP contribution < -0.4 is 5.01 Å². The van der Waals surface area contributed by atoms with Crippen LogP contribution in [0.4, 0.5) is 5.69 Å². The van der Waals surface area contributed by atoms with Crippen molar-refractivity contribution >= 4 is 40.7 Å². The molecule has 35 heavy (non-hydrogen) atoms. The second-order valence-electron chi connectivity index (χ2n) is 8.56. The maximum atomic E-state index is 13.2. The number of ether oxygens (including phenoxy) is 1. The number of aliphatic imine (C=N–C) groups is 1. The van der Waals surface area contributed by atoms with E-state index in [9.17, 15) is 4.79 Å². The number of hydrogen-bond acceptors (Lipinski definition) is 6. The first kappa shape index (κ1) is 21.6. The van der Waals surface area contributed by atoms with E-state index in [4.69, 9.17) is 26.4 Å². The summed E-state index contributed by atoms with van der Waals surface area (Å²) in [6.45, 7) is 2.05. The van der Waals surface area contributed by atoms with Crippen LogP contribution in [0, 0.1) is 0 Å². The van der Waals surface area contributed by atoms with E-state index in [1.165, 1.54) is 11.1 Å². The minimum atomic E-state index is -0.481. The molecular formula is C28H23ClN4O2. The molecule has 0 unspecified atom stereocenters. The van der Waals surface area contributed by atoms with Gasteiger partial charge >= 0.3 is 5.97 Å². The van der Waals surface area contributed by atoms with Gasteiger partial charge in [0.2, 0.25) is 11.8 Å². The molecule has 6 rings (SSSR count). The van der Waals surface area contributed by atoms with Gasteiger partial charge in [0, 0.05) is 10.6 Å². The summed E-state index contributed by atoms with van der Waals surface area (Å²) >= 11 is 6.32. The molecule has 3 aromatic carbocycles. The molecule has 0 fully saturated rings. The number of nitrogens with zero attached hydrogens (tertiary/aromatic N) is 4. The molecule has 0 saturated heterocycles. The quantitative estimate of drug-likeness (QED) is 0.440. The number of fused-ring (bicyclic) bond motifs is 3. The predicted molar refractivity (Wildman–Crippen MR) is 138 cm³/mol. The number of guanidine groups is 1.